The molecule has 3 rings (SSSR count). The van der Waals surface area contributed by atoms with Gasteiger partial charge in [-0.3, -0.25) is 4.79 Å². The first-order valence-corrected chi connectivity index (χ1v) is 9.49. The lowest BCUT2D eigenvalue weighted by atomic mass is 9.86. The number of nitrogens with zero attached hydrogens (tertiary/aromatic N) is 1. The van der Waals surface area contributed by atoms with Crippen molar-refractivity contribution in [3.8, 4) is 0 Å². The summed E-state index contributed by atoms with van der Waals surface area (Å²) in [4.78, 5) is 26.8. The van der Waals surface area contributed by atoms with E-state index in [-0.39, 0.29) is 42.1 Å². The molecule has 0 radical (unpaired) electrons. The van der Waals surface area contributed by atoms with Crippen LogP contribution in [0.3, 0.4) is 0 Å². The number of carbonyl (C=O) groups is 2. The summed E-state index contributed by atoms with van der Waals surface area (Å²) in [5.41, 5.74) is -0.0324. The van der Waals surface area contributed by atoms with Gasteiger partial charge < -0.3 is 9.64 Å². The minimum atomic E-state index is -0.497. The number of amides is 1. The van der Waals surface area contributed by atoms with E-state index >= 15 is 0 Å². The molecule has 0 aromatic heterocycles. The van der Waals surface area contributed by atoms with Crippen LogP contribution in [0, 0.1) is 11.7 Å². The topological polar surface area (TPSA) is 46.6 Å². The third-order valence-corrected chi connectivity index (χ3v) is 5.30. The fraction of sp³-hybridized carbons (Fsp3) is 0.619. The third kappa shape index (κ3) is 4.43. The number of carbonyl (C=O) groups excluding carboxylic acids is 2. The molecule has 4 nitrogen and oxygen atoms in total. The summed E-state index contributed by atoms with van der Waals surface area (Å²) < 4.78 is 19.3. The Bertz CT molecular complexity index is 668. The molecule has 0 saturated carbocycles. The number of ether oxygens (including phenoxy) is 1. The van der Waals surface area contributed by atoms with E-state index in [1.807, 2.05) is 25.7 Å². The predicted octanol–water partition coefficient (Wildman–Crippen LogP) is 4.51. The Hall–Kier alpha value is -1.91. The minimum Gasteiger partial charge on any atom is -0.444 e. The van der Waals surface area contributed by atoms with Crippen LogP contribution < -0.4 is 0 Å². The van der Waals surface area contributed by atoms with Gasteiger partial charge in [0.2, 0.25) is 0 Å². The van der Waals surface area contributed by atoms with Crippen LogP contribution >= 0.6 is 0 Å². The summed E-state index contributed by atoms with van der Waals surface area (Å²) in [6.45, 7) is 5.63. The Balaban J connectivity index is 1.56. The Labute approximate surface area is 154 Å². The average molecular weight is 361 g/mol. The number of hydrogen-bond acceptors (Lipinski definition) is 3. The standard InChI is InChI=1S/C21H28FNO3/c1-21(2,3)26-20(25)23-16-8-9-17(23)11-14(10-16)12-18(24)13-15-6-4-5-7-19(15)22/h4-7,14,16-17H,8-13H2,1-3H3/t14?,16-,17+. The summed E-state index contributed by atoms with van der Waals surface area (Å²) >= 11 is 0. The Morgan fingerprint density at radius 2 is 1.77 bits per heavy atom. The van der Waals surface area contributed by atoms with Gasteiger partial charge >= 0.3 is 6.09 Å². The van der Waals surface area contributed by atoms with Crippen molar-refractivity contribution in [3.63, 3.8) is 0 Å². The van der Waals surface area contributed by atoms with Crippen molar-refractivity contribution in [1.82, 2.24) is 4.90 Å². The summed E-state index contributed by atoms with van der Waals surface area (Å²) in [5, 5.41) is 0. The lowest BCUT2D eigenvalue weighted by Gasteiger charge is -2.39. The first kappa shape index (κ1) is 18.9. The van der Waals surface area contributed by atoms with Crippen molar-refractivity contribution >= 4 is 11.9 Å². The molecule has 2 bridgehead atoms. The van der Waals surface area contributed by atoms with Gasteiger partial charge in [-0.15, -0.1) is 0 Å². The Morgan fingerprint density at radius 3 is 2.35 bits per heavy atom. The van der Waals surface area contributed by atoms with Crippen molar-refractivity contribution in [2.75, 3.05) is 0 Å². The molecule has 2 saturated heterocycles. The minimum absolute atomic E-state index is 0.0743. The van der Waals surface area contributed by atoms with Gasteiger partial charge in [-0.2, -0.15) is 0 Å². The van der Waals surface area contributed by atoms with Crippen molar-refractivity contribution in [1.29, 1.82) is 0 Å². The first-order chi connectivity index (χ1) is 12.2. The van der Waals surface area contributed by atoms with E-state index in [1.54, 1.807) is 18.2 Å². The normalized spacial score (nSPS) is 25.2. The highest BCUT2D eigenvalue weighted by Crippen LogP contribution is 2.40. The number of rotatable bonds is 4. The molecule has 3 atom stereocenters. The summed E-state index contributed by atoms with van der Waals surface area (Å²) in [6, 6.07) is 6.77. The second kappa shape index (κ2) is 7.37. The fourth-order valence-corrected chi connectivity index (χ4v) is 4.32. The van der Waals surface area contributed by atoms with E-state index < -0.39 is 5.60 Å². The lowest BCUT2D eigenvalue weighted by molar-refractivity contribution is -0.119. The summed E-state index contributed by atoms with van der Waals surface area (Å²) in [5.74, 6) is 0.0244. The van der Waals surface area contributed by atoms with Gasteiger partial charge in [0.1, 0.15) is 17.2 Å². The fourth-order valence-electron chi connectivity index (χ4n) is 4.32. The van der Waals surface area contributed by atoms with Crippen molar-refractivity contribution in [3.05, 3.63) is 35.6 Å². The molecule has 1 unspecified atom stereocenters. The van der Waals surface area contributed by atoms with Crippen LogP contribution in [0.2, 0.25) is 0 Å². The van der Waals surface area contributed by atoms with Crippen molar-refractivity contribution < 1.29 is 18.7 Å². The molecule has 1 amide bonds. The monoisotopic (exact) mass is 361 g/mol. The maximum Gasteiger partial charge on any atom is 0.410 e. The molecule has 2 fully saturated rings. The molecule has 2 aliphatic rings. The van der Waals surface area contributed by atoms with Crippen molar-refractivity contribution in [2.24, 2.45) is 5.92 Å². The van der Waals surface area contributed by atoms with E-state index in [9.17, 15) is 14.0 Å². The van der Waals surface area contributed by atoms with Crippen LogP contribution in [0.4, 0.5) is 9.18 Å². The number of ketones is 1. The molecular formula is C21H28FNO3. The van der Waals surface area contributed by atoms with E-state index in [0.29, 0.717) is 12.0 Å². The van der Waals surface area contributed by atoms with E-state index in [1.165, 1.54) is 6.07 Å². The zero-order chi connectivity index (χ0) is 18.9. The maximum absolute atomic E-state index is 13.7. The van der Waals surface area contributed by atoms with Crippen LogP contribution in [0.1, 0.15) is 58.4 Å². The number of Topliss-reactive ketones (excluding diaryl/α,β-unsaturated/α-hetero) is 1. The second-order valence-corrected chi connectivity index (χ2v) is 8.62. The molecule has 0 aliphatic carbocycles. The van der Waals surface area contributed by atoms with Gasteiger partial charge in [0.05, 0.1) is 0 Å². The molecule has 26 heavy (non-hydrogen) atoms. The lowest BCUT2D eigenvalue weighted by Crippen LogP contribution is -2.48. The number of fused-ring (bicyclic) bond motifs is 2. The molecular weight excluding hydrogens is 333 g/mol. The molecule has 1 aromatic rings. The molecule has 5 heteroatoms. The zero-order valence-electron chi connectivity index (χ0n) is 15.8. The highest BCUT2D eigenvalue weighted by molar-refractivity contribution is 5.81. The van der Waals surface area contributed by atoms with Gasteiger partial charge in [-0.05, 0) is 64.0 Å². The molecule has 0 N–H and O–H groups in total. The Morgan fingerprint density at radius 1 is 1.15 bits per heavy atom. The number of benzene rings is 1. The molecule has 2 heterocycles. The van der Waals surface area contributed by atoms with Gasteiger partial charge in [-0.25, -0.2) is 9.18 Å². The highest BCUT2D eigenvalue weighted by atomic mass is 19.1. The highest BCUT2D eigenvalue weighted by Gasteiger charge is 2.45. The van der Waals surface area contributed by atoms with Crippen LogP contribution in [0.25, 0.3) is 0 Å². The van der Waals surface area contributed by atoms with Crippen LogP contribution in [-0.4, -0.2) is 34.5 Å². The van der Waals surface area contributed by atoms with Crippen LogP contribution in [-0.2, 0) is 16.0 Å². The first-order valence-electron chi connectivity index (χ1n) is 9.49. The second-order valence-electron chi connectivity index (χ2n) is 8.62. The van der Waals surface area contributed by atoms with Crippen LogP contribution in [0.5, 0.6) is 0 Å². The number of halogens is 1. The van der Waals surface area contributed by atoms with Gasteiger partial charge in [0.25, 0.3) is 0 Å². The third-order valence-electron chi connectivity index (χ3n) is 5.30. The van der Waals surface area contributed by atoms with Gasteiger partial charge in [-0.1, -0.05) is 18.2 Å². The quantitative estimate of drug-likeness (QED) is 0.793. The van der Waals surface area contributed by atoms with Gasteiger partial charge in [0.15, 0.2) is 0 Å². The smallest absolute Gasteiger partial charge is 0.410 e. The average Bonchev–Trinajstić information content (AvgIpc) is 2.80. The maximum atomic E-state index is 13.7. The van der Waals surface area contributed by atoms with Crippen LogP contribution in [0.15, 0.2) is 24.3 Å². The van der Waals surface area contributed by atoms with Gasteiger partial charge in [0, 0.05) is 24.9 Å². The number of hydrogen-bond donors (Lipinski definition) is 0. The zero-order valence-corrected chi connectivity index (χ0v) is 15.8. The SMILES string of the molecule is CC(C)(C)OC(=O)N1[C@@H]2CC[C@H]1CC(CC(=O)Cc1ccccc1F)C2. The van der Waals surface area contributed by atoms with Crippen molar-refractivity contribution in [2.45, 2.75) is 77.0 Å². The Kier molecular flexibility index (Phi) is 5.35. The van der Waals surface area contributed by atoms with E-state index in [4.69, 9.17) is 4.74 Å². The predicted molar refractivity (Wildman–Crippen MR) is 97.3 cm³/mol. The molecule has 2 aliphatic heterocycles. The largest absolute Gasteiger partial charge is 0.444 e. The molecule has 1 aromatic carbocycles. The number of piperidine rings is 1. The van der Waals surface area contributed by atoms with E-state index in [0.717, 1.165) is 25.7 Å². The summed E-state index contributed by atoms with van der Waals surface area (Å²) in [6.07, 6.45) is 3.99. The summed E-state index contributed by atoms with van der Waals surface area (Å²) in [7, 11) is 0. The molecule has 142 valence electrons. The molecule has 0 spiro atoms. The van der Waals surface area contributed by atoms with E-state index in [2.05, 4.69) is 0 Å².